The lowest BCUT2D eigenvalue weighted by molar-refractivity contribution is 0.118. The van der Waals surface area contributed by atoms with Crippen molar-refractivity contribution in [3.05, 3.63) is 0 Å². The van der Waals surface area contributed by atoms with Gasteiger partial charge in [-0.1, -0.05) is 27.7 Å². The molecular weight excluding hydrogens is 216 g/mol. The smallest absolute Gasteiger partial charge is 0.0219 e. The predicted octanol–water partition coefficient (Wildman–Crippen LogP) is 2.45. The Morgan fingerprint density at radius 1 is 1.38 bits per heavy atom. The molecule has 0 aliphatic carbocycles. The zero-order valence-corrected chi connectivity index (χ0v) is 12.1. The van der Waals surface area contributed by atoms with E-state index in [0.717, 1.165) is 12.0 Å². The Morgan fingerprint density at radius 2 is 2.12 bits per heavy atom. The van der Waals surface area contributed by atoms with Crippen LogP contribution in [0.3, 0.4) is 0 Å². The fourth-order valence-corrected chi connectivity index (χ4v) is 2.98. The quantitative estimate of drug-likeness (QED) is 0.723. The highest BCUT2D eigenvalue weighted by atomic mass is 32.2. The van der Waals surface area contributed by atoms with Crippen LogP contribution in [0.2, 0.25) is 0 Å². The van der Waals surface area contributed by atoms with Crippen molar-refractivity contribution in [2.24, 2.45) is 5.92 Å². The second-order valence-electron chi connectivity index (χ2n) is 5.01. The summed E-state index contributed by atoms with van der Waals surface area (Å²) in [5.41, 5.74) is 0. The monoisotopic (exact) mass is 244 g/mol. The van der Waals surface area contributed by atoms with Crippen molar-refractivity contribution in [3.63, 3.8) is 0 Å². The molecule has 0 radical (unpaired) electrons. The molecule has 1 fully saturated rings. The maximum Gasteiger partial charge on any atom is 0.0219 e. The molecule has 1 aliphatic rings. The highest BCUT2D eigenvalue weighted by Gasteiger charge is 2.27. The Kier molecular flexibility index (Phi) is 6.78. The molecule has 0 saturated carbocycles. The van der Waals surface area contributed by atoms with Gasteiger partial charge < -0.3 is 5.32 Å². The summed E-state index contributed by atoms with van der Waals surface area (Å²) >= 11 is 2.06. The van der Waals surface area contributed by atoms with E-state index in [1.165, 1.54) is 37.6 Å². The van der Waals surface area contributed by atoms with Gasteiger partial charge in [0.2, 0.25) is 0 Å². The molecule has 16 heavy (non-hydrogen) atoms. The van der Waals surface area contributed by atoms with E-state index in [0.29, 0.717) is 6.04 Å². The minimum absolute atomic E-state index is 0.689. The number of nitrogens with zero attached hydrogens (tertiary/aromatic N) is 1. The number of hydrogen-bond donors (Lipinski definition) is 1. The van der Waals surface area contributed by atoms with Crippen LogP contribution in [0.15, 0.2) is 0 Å². The van der Waals surface area contributed by atoms with Gasteiger partial charge in [0, 0.05) is 37.5 Å². The summed E-state index contributed by atoms with van der Waals surface area (Å²) in [7, 11) is 0. The van der Waals surface area contributed by atoms with E-state index in [9.17, 15) is 0 Å². The van der Waals surface area contributed by atoms with Crippen molar-refractivity contribution >= 4 is 11.8 Å². The van der Waals surface area contributed by atoms with Crippen LogP contribution in [0.25, 0.3) is 0 Å². The van der Waals surface area contributed by atoms with E-state index >= 15 is 0 Å². The van der Waals surface area contributed by atoms with Crippen LogP contribution < -0.4 is 5.32 Å². The average Bonchev–Trinajstić information content (AvgIpc) is 2.29. The molecule has 96 valence electrons. The van der Waals surface area contributed by atoms with E-state index in [1.54, 1.807) is 0 Å². The van der Waals surface area contributed by atoms with Crippen LogP contribution in [0.1, 0.15) is 34.1 Å². The first-order valence-corrected chi connectivity index (χ1v) is 7.89. The first-order chi connectivity index (χ1) is 7.69. The Balaban J connectivity index is 2.40. The van der Waals surface area contributed by atoms with Crippen LogP contribution in [0, 0.1) is 5.92 Å². The highest BCUT2D eigenvalue weighted by Crippen LogP contribution is 2.15. The number of rotatable bonds is 6. The zero-order valence-electron chi connectivity index (χ0n) is 11.3. The van der Waals surface area contributed by atoms with Crippen molar-refractivity contribution in [1.82, 2.24) is 10.2 Å². The summed E-state index contributed by atoms with van der Waals surface area (Å²) in [6.07, 6.45) is 1.27. The molecule has 0 spiro atoms. The van der Waals surface area contributed by atoms with Gasteiger partial charge in [0.15, 0.2) is 0 Å². The van der Waals surface area contributed by atoms with E-state index in [2.05, 4.69) is 49.7 Å². The third-order valence-electron chi connectivity index (χ3n) is 3.57. The van der Waals surface area contributed by atoms with E-state index < -0.39 is 0 Å². The molecule has 0 aromatic carbocycles. The minimum Gasteiger partial charge on any atom is -0.311 e. The van der Waals surface area contributed by atoms with Crippen molar-refractivity contribution in [2.45, 2.75) is 46.2 Å². The highest BCUT2D eigenvalue weighted by molar-refractivity contribution is 7.99. The molecule has 0 amide bonds. The molecule has 2 atom stereocenters. The van der Waals surface area contributed by atoms with Gasteiger partial charge in [0.25, 0.3) is 0 Å². The average molecular weight is 244 g/mol. The molecule has 1 saturated heterocycles. The van der Waals surface area contributed by atoms with Gasteiger partial charge in [-0.05, 0) is 18.1 Å². The number of thioether (sulfide) groups is 1. The Morgan fingerprint density at radius 3 is 2.69 bits per heavy atom. The molecule has 0 aromatic heterocycles. The maximum absolute atomic E-state index is 3.69. The van der Waals surface area contributed by atoms with Crippen LogP contribution in [-0.4, -0.2) is 48.1 Å². The fraction of sp³-hybridized carbons (Fsp3) is 1.00. The Hall–Kier alpha value is 0.270. The fourth-order valence-electron chi connectivity index (χ4n) is 2.33. The second-order valence-corrected chi connectivity index (χ2v) is 6.41. The third-order valence-corrected chi connectivity index (χ3v) is 4.45. The van der Waals surface area contributed by atoms with Gasteiger partial charge >= 0.3 is 0 Å². The standard InChI is InChI=1S/C13H28N2S/c1-5-12-9-14-13(11(3)4)10-15(12)7-8-16-6-2/h11-14H,5-10H2,1-4H3. The lowest BCUT2D eigenvalue weighted by Crippen LogP contribution is -2.58. The molecule has 2 nitrogen and oxygen atoms in total. The topological polar surface area (TPSA) is 15.3 Å². The predicted molar refractivity (Wildman–Crippen MR) is 75.3 cm³/mol. The minimum atomic E-state index is 0.689. The lowest BCUT2D eigenvalue weighted by atomic mass is 9.98. The molecule has 1 rings (SSSR count). The molecule has 1 aliphatic heterocycles. The summed E-state index contributed by atoms with van der Waals surface area (Å²) < 4.78 is 0. The Bertz CT molecular complexity index is 185. The van der Waals surface area contributed by atoms with Crippen LogP contribution in [0.5, 0.6) is 0 Å². The first kappa shape index (κ1) is 14.3. The summed E-state index contributed by atoms with van der Waals surface area (Å²) in [5, 5.41) is 3.69. The summed E-state index contributed by atoms with van der Waals surface area (Å²) in [6.45, 7) is 12.9. The third kappa shape index (κ3) is 4.27. The first-order valence-electron chi connectivity index (χ1n) is 6.74. The molecule has 0 aromatic rings. The molecular formula is C13H28N2S. The van der Waals surface area contributed by atoms with E-state index in [-0.39, 0.29) is 0 Å². The van der Waals surface area contributed by atoms with Gasteiger partial charge in [-0.2, -0.15) is 11.8 Å². The second kappa shape index (κ2) is 7.57. The number of hydrogen-bond acceptors (Lipinski definition) is 3. The molecule has 0 bridgehead atoms. The summed E-state index contributed by atoms with van der Waals surface area (Å²) in [5.74, 6) is 3.29. The van der Waals surface area contributed by atoms with Crippen molar-refractivity contribution in [2.75, 3.05) is 31.1 Å². The van der Waals surface area contributed by atoms with E-state index in [4.69, 9.17) is 0 Å². The zero-order chi connectivity index (χ0) is 12.0. The number of piperazine rings is 1. The molecule has 2 unspecified atom stereocenters. The SMILES string of the molecule is CCSCCN1CC(C(C)C)NCC1CC. The van der Waals surface area contributed by atoms with Gasteiger partial charge in [0.1, 0.15) is 0 Å². The lowest BCUT2D eigenvalue weighted by Gasteiger charge is -2.41. The van der Waals surface area contributed by atoms with Crippen molar-refractivity contribution < 1.29 is 0 Å². The van der Waals surface area contributed by atoms with Gasteiger partial charge in [-0.3, -0.25) is 4.90 Å². The molecule has 3 heteroatoms. The maximum atomic E-state index is 3.69. The van der Waals surface area contributed by atoms with Crippen LogP contribution in [-0.2, 0) is 0 Å². The van der Waals surface area contributed by atoms with Crippen LogP contribution in [0.4, 0.5) is 0 Å². The normalized spacial score (nSPS) is 27.6. The summed E-state index contributed by atoms with van der Waals surface area (Å²) in [6, 6.07) is 1.45. The number of nitrogens with one attached hydrogen (secondary N) is 1. The molecule has 1 N–H and O–H groups in total. The van der Waals surface area contributed by atoms with Crippen LogP contribution >= 0.6 is 11.8 Å². The largest absolute Gasteiger partial charge is 0.311 e. The van der Waals surface area contributed by atoms with Crippen molar-refractivity contribution in [3.8, 4) is 0 Å². The van der Waals surface area contributed by atoms with Gasteiger partial charge in [-0.25, -0.2) is 0 Å². The van der Waals surface area contributed by atoms with E-state index in [1.807, 2.05) is 0 Å². The molecule has 1 heterocycles. The summed E-state index contributed by atoms with van der Waals surface area (Å²) in [4.78, 5) is 2.70. The van der Waals surface area contributed by atoms with Crippen molar-refractivity contribution in [1.29, 1.82) is 0 Å². The van der Waals surface area contributed by atoms with Gasteiger partial charge in [-0.15, -0.1) is 0 Å². The Labute approximate surface area is 106 Å². The van der Waals surface area contributed by atoms with Gasteiger partial charge in [0.05, 0.1) is 0 Å².